The molecule has 0 bridgehead atoms. The third-order valence-electron chi connectivity index (χ3n) is 4.65. The number of carbonyl (C=O) groups is 2. The predicted octanol–water partition coefficient (Wildman–Crippen LogP) is 5.48. The molecule has 2 amide bonds. The van der Waals surface area contributed by atoms with Gasteiger partial charge >= 0.3 is 10.1 Å². The van der Waals surface area contributed by atoms with Crippen molar-refractivity contribution in [2.75, 3.05) is 0 Å². The van der Waals surface area contributed by atoms with E-state index in [0.717, 1.165) is 4.90 Å². The van der Waals surface area contributed by atoms with Gasteiger partial charge in [0.05, 0.1) is 11.4 Å². The molecule has 168 valence electrons. The summed E-state index contributed by atoms with van der Waals surface area (Å²) < 4.78 is 44.1. The van der Waals surface area contributed by atoms with E-state index in [1.807, 2.05) is 0 Å². The van der Waals surface area contributed by atoms with E-state index in [1.54, 1.807) is 30.3 Å². The average molecular weight is 504 g/mol. The van der Waals surface area contributed by atoms with E-state index in [4.69, 9.17) is 15.8 Å². The van der Waals surface area contributed by atoms with Crippen LogP contribution in [0, 0.1) is 5.82 Å². The van der Waals surface area contributed by atoms with Crippen molar-refractivity contribution in [1.82, 2.24) is 4.90 Å². The Balaban J connectivity index is 1.55. The molecule has 1 heterocycles. The number of rotatable bonds is 6. The first-order valence-corrected chi connectivity index (χ1v) is 12.1. The van der Waals surface area contributed by atoms with E-state index >= 15 is 0 Å². The van der Waals surface area contributed by atoms with Crippen molar-refractivity contribution in [2.45, 2.75) is 11.4 Å². The monoisotopic (exact) mass is 503 g/mol. The number of hydrogen-bond acceptors (Lipinski definition) is 6. The number of halogens is 2. The van der Waals surface area contributed by atoms with E-state index < -0.39 is 27.1 Å². The SMILES string of the molecule is O=C1S/C(=C\c2cccc(OS(=O)(=O)c3ccccc3)c2)C(=O)N1Cc1c(F)cccc1Cl. The second kappa shape index (κ2) is 9.38. The van der Waals surface area contributed by atoms with Gasteiger partial charge in [-0.2, -0.15) is 8.42 Å². The zero-order chi connectivity index (χ0) is 23.6. The van der Waals surface area contributed by atoms with Crippen LogP contribution in [-0.2, 0) is 21.5 Å². The summed E-state index contributed by atoms with van der Waals surface area (Å²) in [6, 6.07) is 17.9. The second-order valence-corrected chi connectivity index (χ2v) is 9.84. The third kappa shape index (κ3) is 5.11. The van der Waals surface area contributed by atoms with Crippen LogP contribution in [-0.4, -0.2) is 24.5 Å². The molecular weight excluding hydrogens is 489 g/mol. The van der Waals surface area contributed by atoms with Crippen LogP contribution in [0.4, 0.5) is 9.18 Å². The number of benzene rings is 3. The summed E-state index contributed by atoms with van der Waals surface area (Å²) in [6.45, 7) is -0.300. The number of amides is 2. The van der Waals surface area contributed by atoms with Gasteiger partial charge < -0.3 is 4.18 Å². The van der Waals surface area contributed by atoms with E-state index in [2.05, 4.69) is 0 Å². The molecule has 3 aromatic carbocycles. The van der Waals surface area contributed by atoms with Gasteiger partial charge in [-0.1, -0.05) is 48.0 Å². The molecule has 0 aromatic heterocycles. The van der Waals surface area contributed by atoms with Crippen LogP contribution in [0.3, 0.4) is 0 Å². The van der Waals surface area contributed by atoms with Gasteiger partial charge in [0.2, 0.25) is 0 Å². The smallest absolute Gasteiger partial charge is 0.339 e. The quantitative estimate of drug-likeness (QED) is 0.327. The maximum Gasteiger partial charge on any atom is 0.339 e. The highest BCUT2D eigenvalue weighted by molar-refractivity contribution is 8.18. The molecule has 4 rings (SSSR count). The highest BCUT2D eigenvalue weighted by Gasteiger charge is 2.36. The first-order valence-electron chi connectivity index (χ1n) is 9.52. The summed E-state index contributed by atoms with van der Waals surface area (Å²) in [5, 5.41) is -0.452. The minimum atomic E-state index is -4.03. The van der Waals surface area contributed by atoms with Crippen molar-refractivity contribution in [1.29, 1.82) is 0 Å². The Morgan fingerprint density at radius 1 is 1.00 bits per heavy atom. The Hall–Kier alpha value is -3.14. The molecule has 0 aliphatic carbocycles. The van der Waals surface area contributed by atoms with Crippen LogP contribution >= 0.6 is 23.4 Å². The van der Waals surface area contributed by atoms with Gasteiger partial charge in [-0.15, -0.1) is 0 Å². The summed E-state index contributed by atoms with van der Waals surface area (Å²) in [6.07, 6.45) is 1.44. The molecule has 6 nitrogen and oxygen atoms in total. The fraction of sp³-hybridized carbons (Fsp3) is 0.0435. The molecule has 1 fully saturated rings. The molecular formula is C23H15ClFNO5S2. The minimum absolute atomic E-state index is 0.00308. The van der Waals surface area contributed by atoms with E-state index in [9.17, 15) is 22.4 Å². The summed E-state index contributed by atoms with van der Waals surface area (Å²) in [4.78, 5) is 26.2. The Morgan fingerprint density at radius 3 is 2.45 bits per heavy atom. The molecule has 0 spiro atoms. The van der Waals surface area contributed by atoms with Crippen LogP contribution in [0.25, 0.3) is 6.08 Å². The maximum atomic E-state index is 14.1. The first-order chi connectivity index (χ1) is 15.7. The van der Waals surface area contributed by atoms with Gasteiger partial charge in [0.1, 0.15) is 16.5 Å². The lowest BCUT2D eigenvalue weighted by Crippen LogP contribution is -2.28. The summed E-state index contributed by atoms with van der Waals surface area (Å²) in [5.41, 5.74) is 0.495. The van der Waals surface area contributed by atoms with Crippen molar-refractivity contribution in [3.8, 4) is 5.75 Å². The van der Waals surface area contributed by atoms with Crippen molar-refractivity contribution in [2.24, 2.45) is 0 Å². The normalized spacial score (nSPS) is 15.3. The summed E-state index contributed by atoms with van der Waals surface area (Å²) in [7, 11) is -4.03. The number of hydrogen-bond donors (Lipinski definition) is 0. The standard InChI is InChI=1S/C23H15ClFNO5S2/c24-19-10-5-11-20(25)18(19)14-26-22(27)21(32-23(26)28)13-15-6-4-7-16(12-15)31-33(29,30)17-8-2-1-3-9-17/h1-13H,14H2/b21-13-. The minimum Gasteiger partial charge on any atom is -0.379 e. The zero-order valence-corrected chi connectivity index (χ0v) is 19.2. The van der Waals surface area contributed by atoms with Crippen LogP contribution in [0.15, 0.2) is 82.6 Å². The van der Waals surface area contributed by atoms with Crippen molar-refractivity contribution >= 4 is 50.7 Å². The Morgan fingerprint density at radius 2 is 1.73 bits per heavy atom. The largest absolute Gasteiger partial charge is 0.379 e. The predicted molar refractivity (Wildman–Crippen MR) is 124 cm³/mol. The molecule has 3 aromatic rings. The molecule has 0 saturated carbocycles. The van der Waals surface area contributed by atoms with E-state index in [-0.39, 0.29) is 32.7 Å². The first kappa shape index (κ1) is 23.0. The number of thioether (sulfide) groups is 1. The van der Waals surface area contributed by atoms with Crippen molar-refractivity contribution in [3.05, 3.63) is 99.7 Å². The van der Waals surface area contributed by atoms with Gasteiger partial charge in [0.15, 0.2) is 0 Å². The zero-order valence-electron chi connectivity index (χ0n) is 16.8. The molecule has 0 N–H and O–H groups in total. The van der Waals surface area contributed by atoms with Crippen LogP contribution < -0.4 is 4.18 Å². The molecule has 10 heteroatoms. The lowest BCUT2D eigenvalue weighted by Gasteiger charge is -2.14. The second-order valence-electron chi connectivity index (χ2n) is 6.89. The topological polar surface area (TPSA) is 80.8 Å². The highest BCUT2D eigenvalue weighted by atomic mass is 35.5. The molecule has 0 atom stereocenters. The molecule has 1 saturated heterocycles. The van der Waals surface area contributed by atoms with E-state index in [0.29, 0.717) is 17.3 Å². The third-order valence-corrected chi connectivity index (χ3v) is 7.17. The summed E-state index contributed by atoms with van der Waals surface area (Å²) >= 11 is 6.71. The van der Waals surface area contributed by atoms with Crippen molar-refractivity contribution < 1.29 is 26.6 Å². The average Bonchev–Trinajstić information content (AvgIpc) is 3.04. The van der Waals surface area contributed by atoms with Crippen LogP contribution in [0.5, 0.6) is 5.75 Å². The number of carbonyl (C=O) groups excluding carboxylic acids is 2. The Labute approximate surface area is 198 Å². The van der Waals surface area contributed by atoms with Gasteiger partial charge in [-0.05, 0) is 59.8 Å². The Bertz CT molecular complexity index is 1360. The maximum absolute atomic E-state index is 14.1. The lowest BCUT2D eigenvalue weighted by molar-refractivity contribution is -0.123. The molecule has 0 unspecified atom stereocenters. The van der Waals surface area contributed by atoms with Gasteiger partial charge in [-0.3, -0.25) is 14.5 Å². The number of imide groups is 1. The highest BCUT2D eigenvalue weighted by Crippen LogP contribution is 2.35. The fourth-order valence-corrected chi connectivity index (χ4v) is 5.05. The van der Waals surface area contributed by atoms with Crippen LogP contribution in [0.2, 0.25) is 5.02 Å². The van der Waals surface area contributed by atoms with Gasteiger partial charge in [0, 0.05) is 10.6 Å². The van der Waals surface area contributed by atoms with Crippen molar-refractivity contribution in [3.63, 3.8) is 0 Å². The molecule has 0 radical (unpaired) electrons. The van der Waals surface area contributed by atoms with Crippen LogP contribution in [0.1, 0.15) is 11.1 Å². The fourth-order valence-electron chi connectivity index (χ4n) is 3.05. The molecule has 1 aliphatic rings. The molecule has 1 aliphatic heterocycles. The van der Waals surface area contributed by atoms with Gasteiger partial charge in [0.25, 0.3) is 11.1 Å². The Kier molecular flexibility index (Phi) is 6.55. The lowest BCUT2D eigenvalue weighted by atomic mass is 10.2. The summed E-state index contributed by atoms with van der Waals surface area (Å²) in [5.74, 6) is -1.17. The molecule has 33 heavy (non-hydrogen) atoms. The van der Waals surface area contributed by atoms with Gasteiger partial charge in [-0.25, -0.2) is 4.39 Å². The van der Waals surface area contributed by atoms with E-state index in [1.165, 1.54) is 48.5 Å². The number of nitrogens with zero attached hydrogens (tertiary/aromatic N) is 1.